The van der Waals surface area contributed by atoms with E-state index < -0.39 is 5.97 Å². The third-order valence-electron chi connectivity index (χ3n) is 20.0. The van der Waals surface area contributed by atoms with Crippen molar-refractivity contribution in [3.63, 3.8) is 0 Å². The Hall–Kier alpha value is -8.12. The van der Waals surface area contributed by atoms with Gasteiger partial charge in [0.25, 0.3) is 23.6 Å². The van der Waals surface area contributed by atoms with Crippen LogP contribution in [-0.2, 0) is 52.7 Å². The molecule has 2 spiro atoms. The minimum atomic E-state index is -0.941. The number of nitrogens with one attached hydrogen (secondary N) is 2. The van der Waals surface area contributed by atoms with Crippen molar-refractivity contribution >= 4 is 92.6 Å². The Balaban J connectivity index is 0.000000170. The van der Waals surface area contributed by atoms with Gasteiger partial charge in [0.05, 0.1) is 29.1 Å². The van der Waals surface area contributed by atoms with E-state index in [1.54, 1.807) is 71.3 Å². The Labute approximate surface area is 586 Å². The van der Waals surface area contributed by atoms with E-state index in [1.807, 2.05) is 66.7 Å². The SMILES string of the molecule is CCOC(=O)c1cc2c(s1)-c1ccccc1N(C(=O)c1ccc(NC(=O)c3cc4c(nc3N3CC5(CCOCC5)C3)CCC4)cc1)CC2.O=C(O)c1cc2c(s1)-c1ccccc1N(C(=O)c1ccc(NC(=O)c3cc4c(nc3N3CC5(CCOCC5)C3)CCC4)cc1)CC2.[Na+].[OH-]. The molecule has 488 valence electrons. The third kappa shape index (κ3) is 12.9. The molecule has 0 atom stereocenters. The van der Waals surface area contributed by atoms with Crippen molar-refractivity contribution in [3.8, 4) is 20.9 Å². The molecule has 22 heteroatoms. The first-order valence-corrected chi connectivity index (χ1v) is 34.4. The molecule has 0 unspecified atom stereocenters. The summed E-state index contributed by atoms with van der Waals surface area (Å²) in [5.74, 6) is -0.365. The number of aromatic nitrogens is 2. The molecule has 16 rings (SSSR count). The summed E-state index contributed by atoms with van der Waals surface area (Å²) in [6, 6.07) is 37.3. The van der Waals surface area contributed by atoms with E-state index in [1.165, 1.54) is 22.7 Å². The molecule has 96 heavy (non-hydrogen) atoms. The smallest absolute Gasteiger partial charge is 0.870 e. The fraction of sp³-hybridized carbons (Fsp3) is 0.351. The van der Waals surface area contributed by atoms with Crippen LogP contribution in [0.3, 0.4) is 0 Å². The number of aryl methyl sites for hydroxylation is 4. The van der Waals surface area contributed by atoms with Crippen LogP contribution in [0.15, 0.2) is 121 Å². The Morgan fingerprint density at radius 2 is 0.958 bits per heavy atom. The summed E-state index contributed by atoms with van der Waals surface area (Å²) >= 11 is 2.65. The second-order valence-corrected chi connectivity index (χ2v) is 28.1. The molecule has 0 radical (unpaired) electrons. The molecule has 4 aromatic carbocycles. The van der Waals surface area contributed by atoms with E-state index in [0.29, 0.717) is 75.9 Å². The second-order valence-electron chi connectivity index (χ2n) is 26.0. The van der Waals surface area contributed by atoms with Crippen LogP contribution >= 0.6 is 22.7 Å². The van der Waals surface area contributed by atoms with Crippen molar-refractivity contribution in [1.29, 1.82) is 0 Å². The van der Waals surface area contributed by atoms with Gasteiger partial charge in [0.1, 0.15) is 21.4 Å². The van der Waals surface area contributed by atoms with Crippen LogP contribution in [-0.4, -0.2) is 128 Å². The average Bonchev–Trinajstić information content (AvgIpc) is 1.08. The van der Waals surface area contributed by atoms with Crippen LogP contribution in [0.1, 0.15) is 140 Å². The molecule has 0 bridgehead atoms. The molecule has 4 N–H and O–H groups in total. The summed E-state index contributed by atoms with van der Waals surface area (Å²) in [7, 11) is 0. The monoisotopic (exact) mass is 1340 g/mol. The number of amides is 4. The third-order valence-corrected chi connectivity index (χ3v) is 22.4. The van der Waals surface area contributed by atoms with Crippen LogP contribution in [0.4, 0.5) is 34.4 Å². The number of aromatic carboxylic acids is 1. The first-order chi connectivity index (χ1) is 45.8. The number of carboxylic acids is 1. The number of anilines is 6. The van der Waals surface area contributed by atoms with Crippen molar-refractivity contribution in [3.05, 3.63) is 187 Å². The van der Waals surface area contributed by atoms with Crippen LogP contribution in [0.5, 0.6) is 0 Å². The van der Waals surface area contributed by atoms with Crippen LogP contribution < -0.4 is 59.8 Å². The molecular weight excluding hydrogens is 1260 g/mol. The number of carbonyl (C=O) groups excluding carboxylic acids is 5. The van der Waals surface area contributed by atoms with Gasteiger partial charge >= 0.3 is 41.5 Å². The van der Waals surface area contributed by atoms with Gasteiger partial charge in [-0.2, -0.15) is 0 Å². The molecule has 0 saturated carbocycles. The van der Waals surface area contributed by atoms with E-state index in [-0.39, 0.29) is 75.5 Å². The number of carboxylic acid groups (broad SMARTS) is 1. The van der Waals surface area contributed by atoms with Gasteiger partial charge in [-0.25, -0.2) is 19.6 Å². The van der Waals surface area contributed by atoms with Crippen molar-refractivity contribution in [2.24, 2.45) is 10.8 Å². The number of rotatable bonds is 11. The first kappa shape index (κ1) is 66.5. The molecule has 6 aliphatic heterocycles. The van der Waals surface area contributed by atoms with Crippen LogP contribution in [0.25, 0.3) is 20.9 Å². The summed E-state index contributed by atoms with van der Waals surface area (Å²) < 4.78 is 16.4. The molecule has 8 aliphatic rings. The molecule has 4 fully saturated rings. The summed E-state index contributed by atoms with van der Waals surface area (Å²) in [6.07, 6.45) is 11.3. The number of esters is 1. The maximum absolute atomic E-state index is 13.9. The van der Waals surface area contributed by atoms with Gasteiger partial charge in [-0.15, -0.1) is 22.7 Å². The maximum Gasteiger partial charge on any atom is 1.00 e. The predicted octanol–water partition coefficient (Wildman–Crippen LogP) is 9.44. The fourth-order valence-electron chi connectivity index (χ4n) is 14.9. The standard InChI is InChI=1S/C38H38N4O5S.C36H34N4O5S.Na.H2O/c1-2-47-37(45)32-21-26-14-17-42(31-9-4-3-7-28(31)33(26)48-32)36(44)24-10-12-27(13-11-24)39-35(43)29-20-25-6-5-8-30(25)40-34(29)41-22-38(23-41)15-18-46-19-16-38;41-33(27-18-23-4-3-6-28(23)38-32(27)39-20-36(21-39)13-16-45-17-14-36)37-25-10-8-22(9-11-25)34(42)40-15-12-24-19-30(35(43)44)46-31(24)26-5-1-2-7-29(26)40;;/h3-4,7,9-13,20-21H,2,5-6,8,14-19,22-23H2,1H3,(H,39,43);1-2,5,7-11,18-19H,3-4,6,12-17,20-21H2,(H,37,41)(H,43,44);;1H2/q;;+1;/p-1. The topological polar surface area (TPSA) is 243 Å². The maximum atomic E-state index is 13.9. The molecule has 2 aliphatic carbocycles. The van der Waals surface area contributed by atoms with Crippen LogP contribution in [0.2, 0.25) is 0 Å². The summed E-state index contributed by atoms with van der Waals surface area (Å²) in [5.41, 5.74) is 13.8. The van der Waals surface area contributed by atoms with E-state index in [0.717, 1.165) is 194 Å². The Bertz CT molecular complexity index is 4330. The number of nitrogens with zero attached hydrogens (tertiary/aromatic N) is 6. The number of ether oxygens (including phenoxy) is 3. The largest absolute Gasteiger partial charge is 1.00 e. The van der Waals surface area contributed by atoms with E-state index in [9.17, 15) is 33.9 Å². The summed E-state index contributed by atoms with van der Waals surface area (Å²) in [6.45, 7) is 9.81. The first-order valence-electron chi connectivity index (χ1n) is 32.8. The zero-order valence-electron chi connectivity index (χ0n) is 53.9. The molecule has 4 amide bonds. The van der Waals surface area contributed by atoms with Gasteiger partial charge in [-0.05, 0) is 191 Å². The van der Waals surface area contributed by atoms with Gasteiger partial charge in [-0.3, -0.25) is 19.2 Å². The molecular formula is C74H73N8NaO11S2. The number of benzene rings is 4. The van der Waals surface area contributed by atoms with Crippen molar-refractivity contribution in [1.82, 2.24) is 9.97 Å². The number of para-hydroxylation sites is 2. The number of carbonyl (C=O) groups is 6. The van der Waals surface area contributed by atoms with Crippen molar-refractivity contribution in [2.45, 2.75) is 84.0 Å². The second kappa shape index (κ2) is 27.8. The average molecular weight is 1340 g/mol. The summed E-state index contributed by atoms with van der Waals surface area (Å²) in [4.78, 5) is 100. The number of pyridine rings is 2. The molecule has 4 aromatic heterocycles. The van der Waals surface area contributed by atoms with Gasteiger partial charge in [0.15, 0.2) is 0 Å². The number of hydrogen-bond acceptors (Lipinski definition) is 16. The van der Waals surface area contributed by atoms with Crippen molar-refractivity contribution < 1.29 is 83.1 Å². The Morgan fingerprint density at radius 1 is 0.542 bits per heavy atom. The quantitative estimate of drug-likeness (QED) is 0.0807. The van der Waals surface area contributed by atoms with Crippen LogP contribution in [0, 0.1) is 10.8 Å². The molecule has 4 saturated heterocycles. The van der Waals surface area contributed by atoms with Gasteiger partial charge < -0.3 is 55.0 Å². The Kier molecular flexibility index (Phi) is 19.2. The van der Waals surface area contributed by atoms with E-state index >= 15 is 0 Å². The zero-order chi connectivity index (χ0) is 64.2. The van der Waals surface area contributed by atoms with E-state index in [2.05, 4.69) is 20.4 Å². The zero-order valence-corrected chi connectivity index (χ0v) is 57.5. The van der Waals surface area contributed by atoms with Crippen molar-refractivity contribution in [2.75, 3.05) is 103 Å². The fourth-order valence-corrected chi connectivity index (χ4v) is 17.2. The predicted molar refractivity (Wildman–Crippen MR) is 366 cm³/mol. The van der Waals surface area contributed by atoms with Gasteiger partial charge in [-0.1, -0.05) is 36.4 Å². The van der Waals surface area contributed by atoms with E-state index in [4.69, 9.17) is 24.2 Å². The molecule has 8 aromatic rings. The normalized spacial score (nSPS) is 17.3. The number of hydrogen-bond donors (Lipinski definition) is 3. The molecule has 19 nitrogen and oxygen atoms in total. The minimum absolute atomic E-state index is 0. The Morgan fingerprint density at radius 3 is 1.39 bits per heavy atom. The minimum Gasteiger partial charge on any atom is -0.870 e. The number of fused-ring (bicyclic) bond motifs is 8. The molecule has 10 heterocycles. The number of thiophene rings is 2. The van der Waals surface area contributed by atoms with Gasteiger partial charge in [0.2, 0.25) is 0 Å². The summed E-state index contributed by atoms with van der Waals surface area (Å²) in [5, 5.41) is 15.7. The van der Waals surface area contributed by atoms with Gasteiger partial charge in [0, 0.05) is 131 Å².